The minimum atomic E-state index is 0.513. The number of nitrogen functional groups attached to an aromatic ring is 2. The number of aromatic nitrogens is 1. The standard InChI is InChI=1S/C19H15N3/c20-14-10-13-8-9-18(21)22-19(13)17(11-14)16-7-3-5-12-4-1-2-6-15(12)16/h1-11H,20H2,(H2,21,22). The number of pyridine rings is 1. The van der Waals surface area contributed by atoms with Crippen LogP contribution in [0.3, 0.4) is 0 Å². The number of anilines is 2. The summed E-state index contributed by atoms with van der Waals surface area (Å²) in [4.78, 5) is 4.52. The molecule has 22 heavy (non-hydrogen) atoms. The van der Waals surface area contributed by atoms with Gasteiger partial charge in [-0.15, -0.1) is 0 Å². The fourth-order valence-electron chi connectivity index (χ4n) is 2.94. The fraction of sp³-hybridized carbons (Fsp3) is 0. The number of hydrogen-bond acceptors (Lipinski definition) is 3. The van der Waals surface area contributed by atoms with Gasteiger partial charge in [0.25, 0.3) is 0 Å². The molecule has 0 radical (unpaired) electrons. The molecule has 0 aliphatic heterocycles. The number of nitrogens with zero attached hydrogens (tertiary/aromatic N) is 1. The molecule has 4 N–H and O–H groups in total. The second-order valence-corrected chi connectivity index (χ2v) is 5.40. The Hall–Kier alpha value is -3.07. The lowest BCUT2D eigenvalue weighted by molar-refractivity contribution is 1.41. The van der Waals surface area contributed by atoms with Crippen LogP contribution in [0.1, 0.15) is 0 Å². The third-order valence-electron chi connectivity index (χ3n) is 3.92. The van der Waals surface area contributed by atoms with Crippen LogP contribution >= 0.6 is 0 Å². The molecule has 106 valence electrons. The van der Waals surface area contributed by atoms with Crippen molar-refractivity contribution in [2.24, 2.45) is 0 Å². The zero-order valence-corrected chi connectivity index (χ0v) is 12.0. The Morgan fingerprint density at radius 3 is 2.41 bits per heavy atom. The van der Waals surface area contributed by atoms with Crippen LogP contribution in [0.2, 0.25) is 0 Å². The molecule has 1 aromatic heterocycles. The minimum absolute atomic E-state index is 0.513. The van der Waals surface area contributed by atoms with Gasteiger partial charge in [0, 0.05) is 16.6 Å². The van der Waals surface area contributed by atoms with Crippen molar-refractivity contribution in [3.8, 4) is 11.1 Å². The van der Waals surface area contributed by atoms with Crippen molar-refractivity contribution in [1.82, 2.24) is 4.98 Å². The molecule has 0 saturated heterocycles. The maximum atomic E-state index is 6.09. The summed E-state index contributed by atoms with van der Waals surface area (Å²) in [6.45, 7) is 0. The van der Waals surface area contributed by atoms with Crippen molar-refractivity contribution in [1.29, 1.82) is 0 Å². The molecular formula is C19H15N3. The Labute approximate surface area is 128 Å². The van der Waals surface area contributed by atoms with Gasteiger partial charge in [0.2, 0.25) is 0 Å². The summed E-state index contributed by atoms with van der Waals surface area (Å²) >= 11 is 0. The summed E-state index contributed by atoms with van der Waals surface area (Å²) in [5.74, 6) is 0.513. The van der Waals surface area contributed by atoms with Crippen LogP contribution in [-0.4, -0.2) is 4.98 Å². The van der Waals surface area contributed by atoms with Crippen molar-refractivity contribution < 1.29 is 0 Å². The molecule has 3 nitrogen and oxygen atoms in total. The molecule has 0 unspecified atom stereocenters. The Kier molecular flexibility index (Phi) is 2.73. The van der Waals surface area contributed by atoms with E-state index in [1.165, 1.54) is 10.8 Å². The summed E-state index contributed by atoms with van der Waals surface area (Å²) in [5.41, 5.74) is 15.7. The summed E-state index contributed by atoms with van der Waals surface area (Å²) in [5, 5.41) is 3.37. The van der Waals surface area contributed by atoms with Crippen molar-refractivity contribution in [3.05, 3.63) is 66.7 Å². The smallest absolute Gasteiger partial charge is 0.124 e. The molecule has 0 spiro atoms. The molecule has 0 aliphatic rings. The van der Waals surface area contributed by atoms with Gasteiger partial charge >= 0.3 is 0 Å². The number of fused-ring (bicyclic) bond motifs is 2. The Bertz CT molecular complexity index is 1000. The quantitative estimate of drug-likeness (QED) is 0.515. The SMILES string of the molecule is Nc1cc(-c2cccc3ccccc23)c2nc(N)ccc2c1. The normalized spacial score (nSPS) is 11.1. The first-order chi connectivity index (χ1) is 10.7. The van der Waals surface area contributed by atoms with E-state index in [9.17, 15) is 0 Å². The third-order valence-corrected chi connectivity index (χ3v) is 3.92. The van der Waals surface area contributed by atoms with Gasteiger partial charge in [-0.3, -0.25) is 0 Å². The zero-order chi connectivity index (χ0) is 15.1. The van der Waals surface area contributed by atoms with Gasteiger partial charge < -0.3 is 11.5 Å². The number of nitrogens with two attached hydrogens (primary N) is 2. The molecule has 3 aromatic carbocycles. The molecule has 0 aliphatic carbocycles. The van der Waals surface area contributed by atoms with Gasteiger partial charge in [-0.25, -0.2) is 4.98 Å². The molecule has 4 rings (SSSR count). The van der Waals surface area contributed by atoms with E-state index in [0.29, 0.717) is 5.82 Å². The van der Waals surface area contributed by atoms with E-state index in [-0.39, 0.29) is 0 Å². The highest BCUT2D eigenvalue weighted by atomic mass is 14.8. The molecule has 4 aromatic rings. The van der Waals surface area contributed by atoms with Crippen LogP contribution in [-0.2, 0) is 0 Å². The average Bonchev–Trinajstić information content (AvgIpc) is 2.54. The number of rotatable bonds is 1. The van der Waals surface area contributed by atoms with E-state index in [0.717, 1.165) is 27.7 Å². The van der Waals surface area contributed by atoms with Gasteiger partial charge in [0.05, 0.1) is 5.52 Å². The Balaban J connectivity index is 2.14. The highest BCUT2D eigenvalue weighted by Gasteiger charge is 2.10. The lowest BCUT2D eigenvalue weighted by Gasteiger charge is -2.11. The van der Waals surface area contributed by atoms with E-state index in [1.54, 1.807) is 6.07 Å². The molecule has 0 saturated carbocycles. The van der Waals surface area contributed by atoms with E-state index in [4.69, 9.17) is 11.5 Å². The summed E-state index contributed by atoms with van der Waals surface area (Å²) in [6.07, 6.45) is 0. The molecule has 3 heteroatoms. The lowest BCUT2D eigenvalue weighted by Crippen LogP contribution is -1.94. The first-order valence-corrected chi connectivity index (χ1v) is 7.16. The van der Waals surface area contributed by atoms with Crippen LogP contribution in [0, 0.1) is 0 Å². The van der Waals surface area contributed by atoms with E-state index in [1.807, 2.05) is 30.3 Å². The largest absolute Gasteiger partial charge is 0.399 e. The van der Waals surface area contributed by atoms with Gasteiger partial charge in [-0.05, 0) is 40.6 Å². The van der Waals surface area contributed by atoms with Crippen LogP contribution < -0.4 is 11.5 Å². The molecule has 0 fully saturated rings. The van der Waals surface area contributed by atoms with Gasteiger partial charge in [0.15, 0.2) is 0 Å². The Morgan fingerprint density at radius 1 is 0.682 bits per heavy atom. The van der Waals surface area contributed by atoms with E-state index >= 15 is 0 Å². The summed E-state index contributed by atoms with van der Waals surface area (Å²) < 4.78 is 0. The number of hydrogen-bond donors (Lipinski definition) is 2. The molecule has 0 amide bonds. The summed E-state index contributed by atoms with van der Waals surface area (Å²) in [6, 6.07) is 22.2. The monoisotopic (exact) mass is 285 g/mol. The van der Waals surface area contributed by atoms with E-state index < -0.39 is 0 Å². The fourth-order valence-corrected chi connectivity index (χ4v) is 2.94. The summed E-state index contributed by atoms with van der Waals surface area (Å²) in [7, 11) is 0. The van der Waals surface area contributed by atoms with Crippen molar-refractivity contribution in [3.63, 3.8) is 0 Å². The first kappa shape index (κ1) is 12.7. The lowest BCUT2D eigenvalue weighted by atomic mass is 9.96. The highest BCUT2D eigenvalue weighted by molar-refractivity contribution is 6.05. The van der Waals surface area contributed by atoms with Crippen molar-refractivity contribution >= 4 is 33.2 Å². The Morgan fingerprint density at radius 2 is 1.50 bits per heavy atom. The molecule has 0 atom stereocenters. The van der Waals surface area contributed by atoms with Crippen molar-refractivity contribution in [2.45, 2.75) is 0 Å². The van der Waals surface area contributed by atoms with Crippen LogP contribution in [0.15, 0.2) is 66.7 Å². The molecular weight excluding hydrogens is 270 g/mol. The van der Waals surface area contributed by atoms with Crippen molar-refractivity contribution in [2.75, 3.05) is 11.5 Å². The predicted molar refractivity (Wildman–Crippen MR) is 93.5 cm³/mol. The second kappa shape index (κ2) is 4.74. The molecule has 1 heterocycles. The zero-order valence-electron chi connectivity index (χ0n) is 12.0. The molecule has 0 bridgehead atoms. The predicted octanol–water partition coefficient (Wildman–Crippen LogP) is 4.22. The van der Waals surface area contributed by atoms with Crippen LogP contribution in [0.4, 0.5) is 11.5 Å². The van der Waals surface area contributed by atoms with Gasteiger partial charge in [-0.1, -0.05) is 42.5 Å². The maximum Gasteiger partial charge on any atom is 0.124 e. The number of benzene rings is 3. The third kappa shape index (κ3) is 1.95. The average molecular weight is 285 g/mol. The van der Waals surface area contributed by atoms with E-state index in [2.05, 4.69) is 35.3 Å². The van der Waals surface area contributed by atoms with Gasteiger partial charge in [0.1, 0.15) is 5.82 Å². The maximum absolute atomic E-state index is 6.09. The second-order valence-electron chi connectivity index (χ2n) is 5.40. The van der Waals surface area contributed by atoms with Crippen LogP contribution in [0.5, 0.6) is 0 Å². The van der Waals surface area contributed by atoms with Crippen LogP contribution in [0.25, 0.3) is 32.8 Å². The highest BCUT2D eigenvalue weighted by Crippen LogP contribution is 2.34. The van der Waals surface area contributed by atoms with Gasteiger partial charge in [-0.2, -0.15) is 0 Å². The first-order valence-electron chi connectivity index (χ1n) is 7.16. The minimum Gasteiger partial charge on any atom is -0.399 e. The topological polar surface area (TPSA) is 64.9 Å².